The fourth-order valence-corrected chi connectivity index (χ4v) is 1.75. The lowest BCUT2D eigenvalue weighted by molar-refractivity contribution is 0.103. The third-order valence-corrected chi connectivity index (χ3v) is 2.74. The van der Waals surface area contributed by atoms with Crippen molar-refractivity contribution in [3.63, 3.8) is 0 Å². The van der Waals surface area contributed by atoms with Gasteiger partial charge in [-0.2, -0.15) is 0 Å². The van der Waals surface area contributed by atoms with E-state index in [2.05, 4.69) is 0 Å². The first-order valence-corrected chi connectivity index (χ1v) is 5.49. The van der Waals surface area contributed by atoms with Gasteiger partial charge in [0.2, 0.25) is 0 Å². The lowest BCUT2D eigenvalue weighted by Crippen LogP contribution is -2.01. The summed E-state index contributed by atoms with van der Waals surface area (Å²) in [5, 5.41) is 9.43. The van der Waals surface area contributed by atoms with Gasteiger partial charge in [0.25, 0.3) is 0 Å². The van der Waals surface area contributed by atoms with Crippen LogP contribution in [-0.4, -0.2) is 10.9 Å². The Bertz CT molecular complexity index is 571. The molecular weight excluding hydrogens is 212 g/mol. The maximum atomic E-state index is 12.2. The smallest absolute Gasteiger partial charge is 0.193 e. The average molecular weight is 226 g/mol. The van der Waals surface area contributed by atoms with E-state index in [1.165, 1.54) is 0 Å². The molecule has 0 atom stereocenters. The molecule has 0 aliphatic rings. The van der Waals surface area contributed by atoms with E-state index in [9.17, 15) is 9.90 Å². The molecule has 2 aromatic rings. The lowest BCUT2D eigenvalue weighted by atomic mass is 10.00. The van der Waals surface area contributed by atoms with Crippen LogP contribution < -0.4 is 0 Å². The van der Waals surface area contributed by atoms with Crippen LogP contribution >= 0.6 is 0 Å². The summed E-state index contributed by atoms with van der Waals surface area (Å²) in [6.45, 7) is 3.74. The van der Waals surface area contributed by atoms with E-state index in [4.69, 9.17) is 0 Å². The highest BCUT2D eigenvalue weighted by molar-refractivity contribution is 6.09. The summed E-state index contributed by atoms with van der Waals surface area (Å²) in [5.74, 6) is 0.197. The predicted octanol–water partition coefficient (Wildman–Crippen LogP) is 3.24. The van der Waals surface area contributed by atoms with E-state index in [0.717, 1.165) is 5.56 Å². The maximum absolute atomic E-state index is 12.2. The van der Waals surface area contributed by atoms with Gasteiger partial charge in [-0.3, -0.25) is 4.79 Å². The number of hydrogen-bond donors (Lipinski definition) is 1. The highest BCUT2D eigenvalue weighted by atomic mass is 16.3. The molecule has 0 fully saturated rings. The molecule has 0 radical (unpaired) electrons. The third kappa shape index (κ3) is 2.36. The Morgan fingerprint density at radius 3 is 2.35 bits per heavy atom. The van der Waals surface area contributed by atoms with Crippen molar-refractivity contribution in [2.75, 3.05) is 0 Å². The largest absolute Gasteiger partial charge is 0.508 e. The van der Waals surface area contributed by atoms with Crippen molar-refractivity contribution in [2.24, 2.45) is 0 Å². The van der Waals surface area contributed by atoms with Gasteiger partial charge in [0.05, 0.1) is 0 Å². The van der Waals surface area contributed by atoms with Gasteiger partial charge in [-0.05, 0) is 43.7 Å². The predicted molar refractivity (Wildman–Crippen MR) is 67.5 cm³/mol. The Labute approximate surface area is 101 Å². The zero-order chi connectivity index (χ0) is 12.4. The number of ketones is 1. The molecule has 17 heavy (non-hydrogen) atoms. The second-order valence-electron chi connectivity index (χ2n) is 4.20. The molecule has 0 saturated carbocycles. The first-order chi connectivity index (χ1) is 8.08. The van der Waals surface area contributed by atoms with Crippen LogP contribution in [-0.2, 0) is 0 Å². The van der Waals surface area contributed by atoms with Crippen molar-refractivity contribution < 1.29 is 9.90 Å². The van der Waals surface area contributed by atoms with Crippen LogP contribution in [0.15, 0.2) is 42.5 Å². The summed E-state index contributed by atoms with van der Waals surface area (Å²) in [7, 11) is 0. The van der Waals surface area contributed by atoms with Crippen molar-refractivity contribution in [1.82, 2.24) is 0 Å². The molecule has 0 saturated heterocycles. The molecule has 2 aromatic carbocycles. The molecule has 0 heterocycles. The van der Waals surface area contributed by atoms with Gasteiger partial charge >= 0.3 is 0 Å². The zero-order valence-corrected chi connectivity index (χ0v) is 9.90. The van der Waals surface area contributed by atoms with Crippen LogP contribution in [0.1, 0.15) is 27.0 Å². The Balaban J connectivity index is 2.40. The second kappa shape index (κ2) is 4.42. The van der Waals surface area contributed by atoms with Gasteiger partial charge in [-0.15, -0.1) is 0 Å². The molecule has 2 rings (SSSR count). The summed E-state index contributed by atoms with van der Waals surface area (Å²) in [4.78, 5) is 12.2. The van der Waals surface area contributed by atoms with Gasteiger partial charge in [-0.1, -0.05) is 23.8 Å². The summed E-state index contributed by atoms with van der Waals surface area (Å²) in [6, 6.07) is 12.4. The van der Waals surface area contributed by atoms with Crippen LogP contribution in [0.3, 0.4) is 0 Å². The van der Waals surface area contributed by atoms with Crippen molar-refractivity contribution in [2.45, 2.75) is 13.8 Å². The Morgan fingerprint density at radius 2 is 1.71 bits per heavy atom. The molecule has 0 unspecified atom stereocenters. The maximum Gasteiger partial charge on any atom is 0.193 e. The number of phenolic OH excluding ortho intramolecular Hbond substituents is 1. The van der Waals surface area contributed by atoms with Crippen LogP contribution in [0, 0.1) is 13.8 Å². The second-order valence-corrected chi connectivity index (χ2v) is 4.20. The fourth-order valence-electron chi connectivity index (χ4n) is 1.75. The molecule has 86 valence electrons. The minimum absolute atomic E-state index is 0.0169. The number of rotatable bonds is 2. The lowest BCUT2D eigenvalue weighted by Gasteiger charge is -2.04. The quantitative estimate of drug-likeness (QED) is 0.798. The highest BCUT2D eigenvalue weighted by Crippen LogP contribution is 2.19. The highest BCUT2D eigenvalue weighted by Gasteiger charge is 2.10. The summed E-state index contributed by atoms with van der Waals surface area (Å²) in [6.07, 6.45) is 0. The van der Waals surface area contributed by atoms with Crippen LogP contribution in [0.5, 0.6) is 5.75 Å². The van der Waals surface area contributed by atoms with E-state index in [1.807, 2.05) is 25.1 Å². The molecule has 0 spiro atoms. The van der Waals surface area contributed by atoms with Crippen LogP contribution in [0.2, 0.25) is 0 Å². The summed E-state index contributed by atoms with van der Waals surface area (Å²) >= 11 is 0. The minimum Gasteiger partial charge on any atom is -0.508 e. The van der Waals surface area contributed by atoms with E-state index >= 15 is 0 Å². The first kappa shape index (κ1) is 11.4. The van der Waals surface area contributed by atoms with Crippen LogP contribution in [0.4, 0.5) is 0 Å². The monoisotopic (exact) mass is 226 g/mol. The van der Waals surface area contributed by atoms with Crippen LogP contribution in [0.25, 0.3) is 0 Å². The molecule has 2 nitrogen and oxygen atoms in total. The molecule has 0 bridgehead atoms. The van der Waals surface area contributed by atoms with Crippen molar-refractivity contribution >= 4 is 5.78 Å². The molecule has 2 heteroatoms. The van der Waals surface area contributed by atoms with E-state index < -0.39 is 0 Å². The van der Waals surface area contributed by atoms with Gasteiger partial charge in [0.15, 0.2) is 5.78 Å². The normalized spacial score (nSPS) is 10.2. The van der Waals surface area contributed by atoms with Gasteiger partial charge in [-0.25, -0.2) is 0 Å². The minimum atomic E-state index is -0.0169. The van der Waals surface area contributed by atoms with Crippen molar-refractivity contribution in [3.05, 3.63) is 64.7 Å². The molecule has 1 N–H and O–H groups in total. The van der Waals surface area contributed by atoms with Gasteiger partial charge < -0.3 is 5.11 Å². The van der Waals surface area contributed by atoms with Crippen molar-refractivity contribution in [3.8, 4) is 5.75 Å². The Morgan fingerprint density at radius 1 is 1.00 bits per heavy atom. The van der Waals surface area contributed by atoms with Crippen molar-refractivity contribution in [1.29, 1.82) is 0 Å². The molecular formula is C15H14O2. The zero-order valence-electron chi connectivity index (χ0n) is 9.90. The van der Waals surface area contributed by atoms with E-state index in [0.29, 0.717) is 16.7 Å². The first-order valence-electron chi connectivity index (χ1n) is 5.49. The average Bonchev–Trinajstić information content (AvgIpc) is 2.32. The third-order valence-electron chi connectivity index (χ3n) is 2.74. The number of hydrogen-bond acceptors (Lipinski definition) is 2. The molecule has 0 amide bonds. The Kier molecular flexibility index (Phi) is 2.96. The molecule has 0 aromatic heterocycles. The summed E-state index contributed by atoms with van der Waals surface area (Å²) in [5.41, 5.74) is 3.05. The number of aromatic hydroxyl groups is 1. The number of carbonyl (C=O) groups excluding carboxylic acids is 1. The molecule has 0 aliphatic carbocycles. The van der Waals surface area contributed by atoms with Gasteiger partial charge in [0.1, 0.15) is 5.75 Å². The number of phenols is 1. The van der Waals surface area contributed by atoms with E-state index in [1.54, 1.807) is 31.2 Å². The van der Waals surface area contributed by atoms with Gasteiger partial charge in [0, 0.05) is 11.1 Å². The SMILES string of the molecule is Cc1cccc(C(=O)c2ccc(O)c(C)c2)c1. The standard InChI is InChI=1S/C15H14O2/c1-10-4-3-5-12(8-10)15(17)13-6-7-14(16)11(2)9-13/h3-9,16H,1-2H3. The number of aryl methyl sites for hydroxylation is 2. The molecule has 0 aliphatic heterocycles. The summed E-state index contributed by atoms with van der Waals surface area (Å²) < 4.78 is 0. The number of benzene rings is 2. The Hall–Kier alpha value is -2.09. The fraction of sp³-hybridized carbons (Fsp3) is 0.133. The topological polar surface area (TPSA) is 37.3 Å². The number of carbonyl (C=O) groups is 1. The van der Waals surface area contributed by atoms with E-state index in [-0.39, 0.29) is 11.5 Å².